The molecule has 0 aromatic heterocycles. The maximum atomic E-state index is 12.9. The molecule has 2 heterocycles. The molecule has 0 bridgehead atoms. The van der Waals surface area contributed by atoms with E-state index in [1.807, 2.05) is 31.2 Å². The zero-order chi connectivity index (χ0) is 25.9. The summed E-state index contributed by atoms with van der Waals surface area (Å²) in [5, 5.41) is 2.81. The van der Waals surface area contributed by atoms with Crippen LogP contribution < -0.4 is 19.5 Å². The number of halogens is 1. The second-order valence-electron chi connectivity index (χ2n) is 8.29. The highest BCUT2D eigenvalue weighted by molar-refractivity contribution is 8.18. The Morgan fingerprint density at radius 3 is 2.59 bits per heavy atom. The second kappa shape index (κ2) is 10.6. The Morgan fingerprint density at radius 1 is 1.11 bits per heavy atom. The van der Waals surface area contributed by atoms with Gasteiger partial charge in [0, 0.05) is 16.8 Å². The maximum absolute atomic E-state index is 12.9. The van der Waals surface area contributed by atoms with Crippen molar-refractivity contribution in [1.82, 2.24) is 4.90 Å². The van der Waals surface area contributed by atoms with Crippen molar-refractivity contribution in [1.29, 1.82) is 0 Å². The van der Waals surface area contributed by atoms with E-state index in [4.69, 9.17) is 25.8 Å². The van der Waals surface area contributed by atoms with Gasteiger partial charge >= 0.3 is 0 Å². The van der Waals surface area contributed by atoms with Crippen LogP contribution >= 0.6 is 23.4 Å². The Bertz CT molecular complexity index is 1420. The minimum atomic E-state index is -0.406. The van der Waals surface area contributed by atoms with E-state index in [0.29, 0.717) is 38.3 Å². The van der Waals surface area contributed by atoms with E-state index in [9.17, 15) is 14.4 Å². The molecule has 0 saturated carbocycles. The number of carbonyl (C=O) groups is 3. The van der Waals surface area contributed by atoms with Crippen LogP contribution in [0.15, 0.2) is 65.6 Å². The lowest BCUT2D eigenvalue weighted by Crippen LogP contribution is -2.27. The smallest absolute Gasteiger partial charge is 0.293 e. The maximum Gasteiger partial charge on any atom is 0.293 e. The minimum Gasteiger partial charge on any atom is -0.484 e. The van der Waals surface area contributed by atoms with Gasteiger partial charge in [0.25, 0.3) is 17.1 Å². The van der Waals surface area contributed by atoms with Gasteiger partial charge in [0.2, 0.25) is 6.79 Å². The summed E-state index contributed by atoms with van der Waals surface area (Å²) in [7, 11) is 0. The molecule has 2 aliphatic heterocycles. The van der Waals surface area contributed by atoms with Crippen LogP contribution in [0.3, 0.4) is 0 Å². The van der Waals surface area contributed by atoms with Crippen molar-refractivity contribution >= 4 is 52.2 Å². The molecule has 3 aromatic carbocycles. The van der Waals surface area contributed by atoms with Gasteiger partial charge in [-0.3, -0.25) is 19.3 Å². The van der Waals surface area contributed by atoms with Crippen molar-refractivity contribution in [2.24, 2.45) is 0 Å². The summed E-state index contributed by atoms with van der Waals surface area (Å²) in [4.78, 5) is 39.1. The van der Waals surface area contributed by atoms with E-state index in [0.717, 1.165) is 27.9 Å². The number of amides is 3. The SMILES string of the molecule is Cc1ccccc1NC(=O)COc1ccc(/C=C2\SC(=O)N(Cc3cc4c(cc3Cl)OCO4)C2=O)cc1. The Hall–Kier alpha value is -3.95. The average Bonchev–Trinajstić information content (AvgIpc) is 3.44. The van der Waals surface area contributed by atoms with Crippen molar-refractivity contribution in [3.63, 3.8) is 0 Å². The molecule has 1 saturated heterocycles. The van der Waals surface area contributed by atoms with Gasteiger partial charge in [-0.1, -0.05) is 41.9 Å². The van der Waals surface area contributed by atoms with Gasteiger partial charge in [-0.2, -0.15) is 0 Å². The normalized spacial score (nSPS) is 15.4. The third-order valence-corrected chi connectivity index (χ3v) is 6.97. The number of rotatable bonds is 7. The fourth-order valence-electron chi connectivity index (χ4n) is 3.75. The van der Waals surface area contributed by atoms with Gasteiger partial charge in [-0.05, 0) is 65.7 Å². The number of hydrogen-bond acceptors (Lipinski definition) is 7. The zero-order valence-corrected chi connectivity index (χ0v) is 21.2. The third-order valence-electron chi connectivity index (χ3n) is 5.71. The summed E-state index contributed by atoms with van der Waals surface area (Å²) < 4.78 is 16.2. The summed E-state index contributed by atoms with van der Waals surface area (Å²) in [5.74, 6) is 0.883. The van der Waals surface area contributed by atoms with E-state index in [-0.39, 0.29) is 31.1 Å². The van der Waals surface area contributed by atoms with Gasteiger partial charge in [0.05, 0.1) is 11.4 Å². The lowest BCUT2D eigenvalue weighted by atomic mass is 10.1. The predicted molar refractivity (Wildman–Crippen MR) is 141 cm³/mol. The Morgan fingerprint density at radius 2 is 1.84 bits per heavy atom. The molecule has 3 aromatic rings. The summed E-state index contributed by atoms with van der Waals surface area (Å²) >= 11 is 7.18. The summed E-state index contributed by atoms with van der Waals surface area (Å²) in [6.45, 7) is 1.89. The first-order valence-corrected chi connectivity index (χ1v) is 12.5. The summed E-state index contributed by atoms with van der Waals surface area (Å²) in [5.41, 5.74) is 3.00. The Labute approximate surface area is 222 Å². The molecule has 188 valence electrons. The molecule has 3 amide bonds. The van der Waals surface area contributed by atoms with Crippen LogP contribution in [0.2, 0.25) is 5.02 Å². The van der Waals surface area contributed by atoms with Gasteiger partial charge < -0.3 is 19.5 Å². The molecule has 0 spiro atoms. The number of ether oxygens (including phenoxy) is 3. The van der Waals surface area contributed by atoms with Crippen molar-refractivity contribution in [2.45, 2.75) is 13.5 Å². The fourth-order valence-corrected chi connectivity index (χ4v) is 4.80. The molecule has 0 unspecified atom stereocenters. The lowest BCUT2D eigenvalue weighted by molar-refractivity contribution is -0.123. The highest BCUT2D eigenvalue weighted by Crippen LogP contribution is 2.39. The van der Waals surface area contributed by atoms with Crippen LogP contribution in [0.4, 0.5) is 10.5 Å². The molecule has 8 nitrogen and oxygen atoms in total. The topological polar surface area (TPSA) is 94.2 Å². The van der Waals surface area contributed by atoms with E-state index < -0.39 is 5.91 Å². The average molecular weight is 537 g/mol. The zero-order valence-electron chi connectivity index (χ0n) is 19.7. The van der Waals surface area contributed by atoms with Gasteiger partial charge in [-0.25, -0.2) is 0 Å². The Kier molecular flexibility index (Phi) is 7.07. The van der Waals surface area contributed by atoms with Crippen molar-refractivity contribution in [3.8, 4) is 17.2 Å². The highest BCUT2D eigenvalue weighted by atomic mass is 35.5. The highest BCUT2D eigenvalue weighted by Gasteiger charge is 2.35. The quantitative estimate of drug-likeness (QED) is 0.391. The third kappa shape index (κ3) is 5.58. The summed E-state index contributed by atoms with van der Waals surface area (Å²) in [6, 6.07) is 17.7. The molecular weight excluding hydrogens is 516 g/mol. The number of benzene rings is 3. The Balaban J connectivity index is 1.20. The number of aryl methyl sites for hydroxylation is 1. The molecule has 0 aliphatic carbocycles. The number of hydrogen-bond donors (Lipinski definition) is 1. The predicted octanol–water partition coefficient (Wildman–Crippen LogP) is 5.63. The molecule has 10 heteroatoms. The first-order valence-electron chi connectivity index (χ1n) is 11.3. The molecule has 2 aliphatic rings. The standard InChI is InChI=1S/C27H21ClN2O6S/c1-16-4-2-3-5-21(16)29-25(31)14-34-19-8-6-17(7-9-19)10-24-26(32)30(27(33)37-24)13-18-11-22-23(12-20(18)28)36-15-35-22/h2-12H,13-15H2,1H3,(H,29,31)/b24-10-. The molecule has 37 heavy (non-hydrogen) atoms. The van der Waals surface area contributed by atoms with Crippen LogP contribution in [0, 0.1) is 6.92 Å². The number of nitrogens with one attached hydrogen (secondary N) is 1. The van der Waals surface area contributed by atoms with Gasteiger partial charge in [0.15, 0.2) is 18.1 Å². The molecule has 0 atom stereocenters. The van der Waals surface area contributed by atoms with E-state index in [1.165, 1.54) is 0 Å². The molecular formula is C27H21ClN2O6S. The first-order chi connectivity index (χ1) is 17.9. The molecule has 0 radical (unpaired) electrons. The number of thioether (sulfide) groups is 1. The van der Waals surface area contributed by atoms with Crippen molar-refractivity contribution in [3.05, 3.63) is 87.3 Å². The number of fused-ring (bicyclic) bond motifs is 1. The molecule has 1 N–H and O–H groups in total. The van der Waals surface area contributed by atoms with E-state index >= 15 is 0 Å². The number of para-hydroxylation sites is 1. The van der Waals surface area contributed by atoms with Crippen molar-refractivity contribution in [2.75, 3.05) is 18.7 Å². The number of imide groups is 1. The van der Waals surface area contributed by atoms with Gasteiger partial charge in [0.1, 0.15) is 5.75 Å². The van der Waals surface area contributed by atoms with Crippen LogP contribution in [0.1, 0.15) is 16.7 Å². The van der Waals surface area contributed by atoms with E-state index in [1.54, 1.807) is 42.5 Å². The van der Waals surface area contributed by atoms with E-state index in [2.05, 4.69) is 5.32 Å². The monoisotopic (exact) mass is 536 g/mol. The van der Waals surface area contributed by atoms with Crippen LogP contribution in [0.5, 0.6) is 17.2 Å². The van der Waals surface area contributed by atoms with Crippen LogP contribution in [0.25, 0.3) is 6.08 Å². The van der Waals surface area contributed by atoms with Crippen LogP contribution in [-0.2, 0) is 16.1 Å². The largest absolute Gasteiger partial charge is 0.484 e. The van der Waals surface area contributed by atoms with Crippen LogP contribution in [-0.4, -0.2) is 35.4 Å². The molecule has 1 fully saturated rings. The summed E-state index contributed by atoms with van der Waals surface area (Å²) in [6.07, 6.45) is 1.64. The minimum absolute atomic E-state index is 0.0226. The molecule has 5 rings (SSSR count). The first kappa shape index (κ1) is 24.7. The van der Waals surface area contributed by atoms with Crippen molar-refractivity contribution < 1.29 is 28.6 Å². The lowest BCUT2D eigenvalue weighted by Gasteiger charge is -2.14. The number of nitrogens with zero attached hydrogens (tertiary/aromatic N) is 1. The second-order valence-corrected chi connectivity index (χ2v) is 9.69. The fraction of sp³-hybridized carbons (Fsp3) is 0.148. The number of carbonyl (C=O) groups excluding carboxylic acids is 3. The van der Waals surface area contributed by atoms with Gasteiger partial charge in [-0.15, -0.1) is 0 Å². The number of anilines is 1.